The minimum atomic E-state index is -0.180. The number of hydrogen-bond donors (Lipinski definition) is 4. The molecule has 1 aliphatic rings. The van der Waals surface area contributed by atoms with Crippen LogP contribution in [0.15, 0.2) is 24.3 Å². The van der Waals surface area contributed by atoms with Crippen molar-refractivity contribution in [3.8, 4) is 0 Å². The van der Waals surface area contributed by atoms with Crippen LogP contribution in [-0.2, 0) is 9.53 Å². The fourth-order valence-electron chi connectivity index (χ4n) is 3.91. The molecule has 29 heavy (non-hydrogen) atoms. The van der Waals surface area contributed by atoms with Crippen LogP contribution in [0.5, 0.6) is 0 Å². The summed E-state index contributed by atoms with van der Waals surface area (Å²) in [7, 11) is 0. The molecule has 3 rings (SSSR count). The molecule has 1 amide bonds. The van der Waals surface area contributed by atoms with Crippen LogP contribution in [0.4, 0.5) is 11.8 Å². The molecule has 1 fully saturated rings. The molecule has 0 bridgehead atoms. The summed E-state index contributed by atoms with van der Waals surface area (Å²) in [6, 6.07) is 8.09. The summed E-state index contributed by atoms with van der Waals surface area (Å²) in [6.07, 6.45) is 3.65. The van der Waals surface area contributed by atoms with Crippen LogP contribution >= 0.6 is 0 Å². The van der Waals surface area contributed by atoms with Crippen molar-refractivity contribution >= 4 is 28.6 Å². The summed E-state index contributed by atoms with van der Waals surface area (Å²) in [4.78, 5) is 20.7. The number of nitrogens with one attached hydrogen (secondary N) is 2. The predicted molar refractivity (Wildman–Crippen MR) is 114 cm³/mol. The van der Waals surface area contributed by atoms with Crippen molar-refractivity contribution in [1.82, 2.24) is 9.97 Å². The van der Waals surface area contributed by atoms with Crippen molar-refractivity contribution in [2.45, 2.75) is 38.6 Å². The standard InChI is InChI=1S/C21H31N5O3/c1-14(15-6-8-16(9-7-15)19(22)28)24-21-25-18-5-3-2-4-17(18)20(26-21)23-10-12-29-13-11-27/h2-5,14-16,27H,6-13H2,1H3,(H2,22,28)(H2,23,24,25,26). The van der Waals surface area contributed by atoms with E-state index in [1.165, 1.54) is 0 Å². The average Bonchev–Trinajstić information content (AvgIpc) is 2.73. The number of hydrogen-bond acceptors (Lipinski definition) is 7. The minimum absolute atomic E-state index is 0.0132. The Bertz CT molecular complexity index is 808. The molecule has 8 heteroatoms. The quantitative estimate of drug-likeness (QED) is 0.450. The molecule has 5 N–H and O–H groups in total. The molecular formula is C21H31N5O3. The predicted octanol–water partition coefficient (Wildman–Crippen LogP) is 2.14. The molecule has 1 unspecified atom stereocenters. The number of fused-ring (bicyclic) bond motifs is 1. The zero-order chi connectivity index (χ0) is 20.6. The maximum absolute atomic E-state index is 11.4. The number of amides is 1. The molecule has 8 nitrogen and oxygen atoms in total. The fraction of sp³-hybridized carbons (Fsp3) is 0.571. The SMILES string of the molecule is CC(Nc1nc(NCCOCCO)c2ccccc2n1)C1CCC(C(N)=O)CC1. The lowest BCUT2D eigenvalue weighted by Gasteiger charge is -2.31. The van der Waals surface area contributed by atoms with Gasteiger partial charge in [-0.3, -0.25) is 4.79 Å². The monoisotopic (exact) mass is 401 g/mol. The molecule has 1 aliphatic carbocycles. The van der Waals surface area contributed by atoms with Crippen LogP contribution in [0.2, 0.25) is 0 Å². The highest BCUT2D eigenvalue weighted by Crippen LogP contribution is 2.32. The first kappa shape index (κ1) is 21.3. The van der Waals surface area contributed by atoms with Crippen LogP contribution in [0, 0.1) is 11.8 Å². The summed E-state index contributed by atoms with van der Waals surface area (Å²) in [6.45, 7) is 3.57. The van der Waals surface area contributed by atoms with E-state index < -0.39 is 0 Å². The van der Waals surface area contributed by atoms with Gasteiger partial charge in [-0.25, -0.2) is 4.98 Å². The molecule has 0 aliphatic heterocycles. The number of nitrogens with two attached hydrogens (primary N) is 1. The van der Waals surface area contributed by atoms with Crippen LogP contribution < -0.4 is 16.4 Å². The lowest BCUT2D eigenvalue weighted by Crippen LogP contribution is -2.34. The van der Waals surface area contributed by atoms with Crippen LogP contribution in [0.25, 0.3) is 10.9 Å². The molecule has 1 aromatic heterocycles. The van der Waals surface area contributed by atoms with Gasteiger partial charge in [-0.15, -0.1) is 0 Å². The zero-order valence-electron chi connectivity index (χ0n) is 16.9. The van der Waals surface area contributed by atoms with Gasteiger partial charge in [0.05, 0.1) is 25.3 Å². The number of aliphatic hydroxyl groups is 1. The summed E-state index contributed by atoms with van der Waals surface area (Å²) in [5, 5.41) is 16.5. The van der Waals surface area contributed by atoms with Gasteiger partial charge in [0, 0.05) is 23.9 Å². The number of nitrogens with zero attached hydrogens (tertiary/aromatic N) is 2. The molecule has 0 radical (unpaired) electrons. The normalized spacial score (nSPS) is 20.3. The molecule has 0 spiro atoms. The third-order valence-electron chi connectivity index (χ3n) is 5.62. The topological polar surface area (TPSA) is 122 Å². The smallest absolute Gasteiger partial charge is 0.225 e. The number of anilines is 2. The largest absolute Gasteiger partial charge is 0.394 e. The van der Waals surface area contributed by atoms with Crippen molar-refractivity contribution in [1.29, 1.82) is 0 Å². The maximum Gasteiger partial charge on any atom is 0.225 e. The molecule has 1 aromatic carbocycles. The first-order valence-electron chi connectivity index (χ1n) is 10.3. The van der Waals surface area contributed by atoms with Crippen LogP contribution in [0.3, 0.4) is 0 Å². The number of ether oxygens (including phenoxy) is 1. The Morgan fingerprint density at radius 3 is 2.72 bits per heavy atom. The minimum Gasteiger partial charge on any atom is -0.394 e. The van der Waals surface area contributed by atoms with E-state index in [1.807, 2.05) is 24.3 Å². The lowest BCUT2D eigenvalue weighted by atomic mass is 9.78. The summed E-state index contributed by atoms with van der Waals surface area (Å²) >= 11 is 0. The first-order valence-corrected chi connectivity index (χ1v) is 10.3. The van der Waals surface area contributed by atoms with Gasteiger partial charge in [-0.2, -0.15) is 4.98 Å². The van der Waals surface area contributed by atoms with Gasteiger partial charge in [0.1, 0.15) is 5.82 Å². The zero-order valence-corrected chi connectivity index (χ0v) is 16.9. The third-order valence-corrected chi connectivity index (χ3v) is 5.62. The Balaban J connectivity index is 1.66. The van der Waals surface area contributed by atoms with Gasteiger partial charge in [-0.05, 0) is 50.7 Å². The van der Waals surface area contributed by atoms with Gasteiger partial charge in [0.2, 0.25) is 11.9 Å². The van der Waals surface area contributed by atoms with E-state index in [0.717, 1.165) is 42.4 Å². The second kappa shape index (κ2) is 10.4. The van der Waals surface area contributed by atoms with Crippen LogP contribution in [-0.4, -0.2) is 53.4 Å². The molecule has 0 saturated heterocycles. The molecule has 1 heterocycles. The van der Waals surface area contributed by atoms with E-state index in [9.17, 15) is 4.79 Å². The number of aliphatic hydroxyl groups excluding tert-OH is 1. The van der Waals surface area contributed by atoms with E-state index in [1.54, 1.807) is 0 Å². The Kier molecular flexibility index (Phi) is 7.60. The second-order valence-electron chi connectivity index (χ2n) is 7.62. The number of para-hydroxylation sites is 1. The second-order valence-corrected chi connectivity index (χ2v) is 7.62. The third kappa shape index (κ3) is 5.77. The number of rotatable bonds is 10. The number of aromatic nitrogens is 2. The Morgan fingerprint density at radius 1 is 1.24 bits per heavy atom. The van der Waals surface area contributed by atoms with Crippen molar-refractivity contribution in [3.63, 3.8) is 0 Å². The highest BCUT2D eigenvalue weighted by Gasteiger charge is 2.28. The van der Waals surface area contributed by atoms with Gasteiger partial charge in [-0.1, -0.05) is 12.1 Å². The van der Waals surface area contributed by atoms with Crippen molar-refractivity contribution in [2.75, 3.05) is 37.0 Å². The summed E-state index contributed by atoms with van der Waals surface area (Å²) in [5.41, 5.74) is 6.31. The average molecular weight is 402 g/mol. The van der Waals surface area contributed by atoms with E-state index in [0.29, 0.717) is 31.6 Å². The molecule has 1 saturated carbocycles. The van der Waals surface area contributed by atoms with Crippen LogP contribution in [0.1, 0.15) is 32.6 Å². The Hall–Kier alpha value is -2.45. The van der Waals surface area contributed by atoms with Gasteiger partial charge in [0.15, 0.2) is 0 Å². The van der Waals surface area contributed by atoms with E-state index in [4.69, 9.17) is 15.6 Å². The molecule has 158 valence electrons. The van der Waals surface area contributed by atoms with Gasteiger partial charge in [0.25, 0.3) is 0 Å². The van der Waals surface area contributed by atoms with E-state index >= 15 is 0 Å². The Morgan fingerprint density at radius 2 is 2.00 bits per heavy atom. The molecule has 2 aromatic rings. The van der Waals surface area contributed by atoms with Crippen molar-refractivity contribution in [2.24, 2.45) is 17.6 Å². The van der Waals surface area contributed by atoms with Gasteiger partial charge < -0.3 is 26.2 Å². The Labute approximate surface area is 171 Å². The highest BCUT2D eigenvalue weighted by molar-refractivity contribution is 5.90. The summed E-state index contributed by atoms with van der Waals surface area (Å²) < 4.78 is 5.31. The summed E-state index contributed by atoms with van der Waals surface area (Å²) in [5.74, 6) is 1.64. The fourth-order valence-corrected chi connectivity index (χ4v) is 3.91. The van der Waals surface area contributed by atoms with E-state index in [2.05, 4.69) is 27.5 Å². The van der Waals surface area contributed by atoms with E-state index in [-0.39, 0.29) is 24.5 Å². The number of primary amides is 1. The van der Waals surface area contributed by atoms with Gasteiger partial charge >= 0.3 is 0 Å². The molecular weight excluding hydrogens is 370 g/mol. The highest BCUT2D eigenvalue weighted by atomic mass is 16.5. The van der Waals surface area contributed by atoms with Crippen molar-refractivity contribution in [3.05, 3.63) is 24.3 Å². The first-order chi connectivity index (χ1) is 14.1. The number of carbonyl (C=O) groups is 1. The van der Waals surface area contributed by atoms with Crippen molar-refractivity contribution < 1.29 is 14.6 Å². The molecule has 1 atom stereocenters. The lowest BCUT2D eigenvalue weighted by molar-refractivity contribution is -0.123. The number of carbonyl (C=O) groups excluding carboxylic acids is 1. The number of benzene rings is 1. The maximum atomic E-state index is 11.4.